The number of sulfonamides is 1. The van der Waals surface area contributed by atoms with Gasteiger partial charge in [0, 0.05) is 19.0 Å². The van der Waals surface area contributed by atoms with Crippen LogP contribution in [0.5, 0.6) is 0 Å². The molecular formula is C39H45N3O4S. The number of anilines is 1. The Morgan fingerprint density at radius 1 is 0.766 bits per heavy atom. The van der Waals surface area contributed by atoms with Crippen molar-refractivity contribution >= 4 is 27.5 Å². The average molecular weight is 652 g/mol. The minimum absolute atomic E-state index is 0.0513. The van der Waals surface area contributed by atoms with Crippen molar-refractivity contribution in [2.45, 2.75) is 82.8 Å². The first-order valence-corrected chi connectivity index (χ1v) is 17.9. The molecule has 8 heteroatoms. The van der Waals surface area contributed by atoms with Crippen molar-refractivity contribution in [2.75, 3.05) is 10.8 Å². The van der Waals surface area contributed by atoms with E-state index in [1.807, 2.05) is 81.4 Å². The third kappa shape index (κ3) is 8.49. The van der Waals surface area contributed by atoms with Crippen molar-refractivity contribution in [3.05, 3.63) is 131 Å². The van der Waals surface area contributed by atoms with E-state index in [1.54, 1.807) is 35.2 Å². The molecule has 5 rings (SSSR count). The standard InChI is InChI=1S/C39H45N3O4S/c1-29-23-24-35(25-31(29)3)42(47(45,46)36-21-11-6-12-22-36)28-38(43)41(27-33-18-14-13-15-30(33)2)37(26-32-16-7-4-8-17-32)39(44)40-34-19-9-5-10-20-34/h4,6-8,11-18,21-25,34,37H,5,9-10,19-20,26-28H2,1-3H3,(H,40,44)/t37-/m1/s1. The minimum atomic E-state index is -4.14. The molecule has 1 saturated carbocycles. The molecule has 1 atom stereocenters. The van der Waals surface area contributed by atoms with Crippen LogP contribution in [0.25, 0.3) is 0 Å². The van der Waals surface area contributed by atoms with Gasteiger partial charge in [-0.25, -0.2) is 8.42 Å². The predicted molar refractivity (Wildman–Crippen MR) is 188 cm³/mol. The van der Waals surface area contributed by atoms with Crippen LogP contribution in [-0.4, -0.2) is 43.8 Å². The van der Waals surface area contributed by atoms with E-state index in [9.17, 15) is 18.0 Å². The van der Waals surface area contributed by atoms with Gasteiger partial charge in [-0.1, -0.05) is 98.1 Å². The van der Waals surface area contributed by atoms with E-state index in [0.29, 0.717) is 12.1 Å². The van der Waals surface area contributed by atoms with Gasteiger partial charge in [0.25, 0.3) is 10.0 Å². The van der Waals surface area contributed by atoms with E-state index < -0.39 is 28.5 Å². The lowest BCUT2D eigenvalue weighted by Gasteiger charge is -2.35. The van der Waals surface area contributed by atoms with Gasteiger partial charge in [0.1, 0.15) is 12.6 Å². The highest BCUT2D eigenvalue weighted by molar-refractivity contribution is 7.92. The fourth-order valence-electron chi connectivity index (χ4n) is 6.20. The maximum absolute atomic E-state index is 14.7. The normalized spacial score (nSPS) is 14.3. The van der Waals surface area contributed by atoms with Crippen LogP contribution in [-0.2, 0) is 32.6 Å². The Bertz CT molecular complexity index is 1770. The van der Waals surface area contributed by atoms with Gasteiger partial charge in [-0.05, 0) is 85.7 Å². The smallest absolute Gasteiger partial charge is 0.264 e. The van der Waals surface area contributed by atoms with Crippen LogP contribution in [0.1, 0.15) is 59.9 Å². The molecule has 0 spiro atoms. The van der Waals surface area contributed by atoms with Gasteiger partial charge in [-0.3, -0.25) is 13.9 Å². The second-order valence-corrected chi connectivity index (χ2v) is 14.5. The third-order valence-electron chi connectivity index (χ3n) is 9.21. The number of rotatable bonds is 12. The molecule has 246 valence electrons. The molecule has 0 radical (unpaired) electrons. The first kappa shape index (κ1) is 33.9. The Morgan fingerprint density at radius 3 is 2.06 bits per heavy atom. The van der Waals surface area contributed by atoms with E-state index in [4.69, 9.17) is 0 Å². The van der Waals surface area contributed by atoms with Crippen molar-refractivity contribution in [3.63, 3.8) is 0 Å². The number of nitrogens with zero attached hydrogens (tertiary/aromatic N) is 2. The molecule has 0 saturated heterocycles. The zero-order valence-corrected chi connectivity index (χ0v) is 28.4. The van der Waals surface area contributed by atoms with Gasteiger partial charge in [-0.15, -0.1) is 0 Å². The summed E-state index contributed by atoms with van der Waals surface area (Å²) in [5, 5.41) is 3.27. The van der Waals surface area contributed by atoms with Gasteiger partial charge in [-0.2, -0.15) is 0 Å². The van der Waals surface area contributed by atoms with E-state index >= 15 is 0 Å². The molecule has 1 N–H and O–H groups in total. The summed E-state index contributed by atoms with van der Waals surface area (Å²) in [5.41, 5.74) is 5.12. The fourth-order valence-corrected chi connectivity index (χ4v) is 7.63. The zero-order chi connectivity index (χ0) is 33.4. The summed E-state index contributed by atoms with van der Waals surface area (Å²) in [5.74, 6) is -0.669. The van der Waals surface area contributed by atoms with Crippen LogP contribution in [0, 0.1) is 20.8 Å². The molecule has 4 aromatic rings. The lowest BCUT2D eigenvalue weighted by Crippen LogP contribution is -2.55. The summed E-state index contributed by atoms with van der Waals surface area (Å²) < 4.78 is 29.6. The Kier molecular flexibility index (Phi) is 11.1. The third-order valence-corrected chi connectivity index (χ3v) is 11.0. The van der Waals surface area contributed by atoms with Crippen molar-refractivity contribution < 1.29 is 18.0 Å². The number of benzene rings is 4. The number of aryl methyl sites for hydroxylation is 3. The van der Waals surface area contributed by atoms with E-state index in [2.05, 4.69) is 5.32 Å². The monoisotopic (exact) mass is 651 g/mol. The molecule has 0 heterocycles. The molecule has 2 amide bonds. The van der Waals surface area contributed by atoms with Gasteiger partial charge in [0.15, 0.2) is 0 Å². The molecule has 47 heavy (non-hydrogen) atoms. The SMILES string of the molecule is Cc1ccc(N(CC(=O)N(Cc2ccccc2C)[C@H](Cc2ccccc2)C(=O)NC2CCCCC2)S(=O)(=O)c2ccccc2)cc1C. The summed E-state index contributed by atoms with van der Waals surface area (Å²) in [7, 11) is -4.14. The van der Waals surface area contributed by atoms with Crippen molar-refractivity contribution in [3.8, 4) is 0 Å². The molecular weight excluding hydrogens is 607 g/mol. The first-order chi connectivity index (χ1) is 22.6. The topological polar surface area (TPSA) is 86.8 Å². The van der Waals surface area contributed by atoms with E-state index in [0.717, 1.165) is 59.9 Å². The molecule has 0 unspecified atom stereocenters. The van der Waals surface area contributed by atoms with Crippen LogP contribution >= 0.6 is 0 Å². The predicted octanol–water partition coefficient (Wildman–Crippen LogP) is 6.90. The molecule has 0 bridgehead atoms. The molecule has 1 fully saturated rings. The van der Waals surface area contributed by atoms with Crippen LogP contribution in [0.4, 0.5) is 5.69 Å². The second kappa shape index (κ2) is 15.4. The highest BCUT2D eigenvalue weighted by Gasteiger charge is 2.35. The van der Waals surface area contributed by atoms with Gasteiger partial charge >= 0.3 is 0 Å². The summed E-state index contributed by atoms with van der Waals surface area (Å²) in [6.45, 7) is 5.56. The Hall–Kier alpha value is -4.43. The Balaban J connectivity index is 1.58. The lowest BCUT2D eigenvalue weighted by atomic mass is 9.94. The largest absolute Gasteiger partial charge is 0.352 e. The van der Waals surface area contributed by atoms with Crippen LogP contribution in [0.15, 0.2) is 108 Å². The average Bonchev–Trinajstić information content (AvgIpc) is 3.08. The zero-order valence-electron chi connectivity index (χ0n) is 27.6. The molecule has 7 nitrogen and oxygen atoms in total. The van der Waals surface area contributed by atoms with Crippen molar-refractivity contribution in [1.82, 2.24) is 10.2 Å². The number of amides is 2. The quantitative estimate of drug-likeness (QED) is 0.181. The Labute approximate surface area is 279 Å². The van der Waals surface area contributed by atoms with Crippen LogP contribution in [0.3, 0.4) is 0 Å². The lowest BCUT2D eigenvalue weighted by molar-refractivity contribution is -0.140. The summed E-state index contributed by atoms with van der Waals surface area (Å²) >= 11 is 0. The highest BCUT2D eigenvalue weighted by Crippen LogP contribution is 2.27. The van der Waals surface area contributed by atoms with Gasteiger partial charge < -0.3 is 10.2 Å². The maximum Gasteiger partial charge on any atom is 0.264 e. The maximum atomic E-state index is 14.7. The number of carbonyl (C=O) groups excluding carboxylic acids is 2. The van der Waals surface area contributed by atoms with Crippen molar-refractivity contribution in [2.24, 2.45) is 0 Å². The number of hydrogen-bond donors (Lipinski definition) is 1. The Morgan fingerprint density at radius 2 is 1.40 bits per heavy atom. The summed E-state index contributed by atoms with van der Waals surface area (Å²) in [6.07, 6.45) is 5.38. The van der Waals surface area contributed by atoms with Crippen LogP contribution in [0.2, 0.25) is 0 Å². The minimum Gasteiger partial charge on any atom is -0.352 e. The summed E-state index contributed by atoms with van der Waals surface area (Å²) in [4.78, 5) is 30.7. The molecule has 1 aliphatic carbocycles. The second-order valence-electron chi connectivity index (χ2n) is 12.6. The highest BCUT2D eigenvalue weighted by atomic mass is 32.2. The van der Waals surface area contributed by atoms with Crippen molar-refractivity contribution in [1.29, 1.82) is 0 Å². The number of nitrogens with one attached hydrogen (secondary N) is 1. The number of carbonyl (C=O) groups is 2. The first-order valence-electron chi connectivity index (χ1n) is 16.5. The van der Waals surface area contributed by atoms with Crippen LogP contribution < -0.4 is 9.62 Å². The molecule has 0 aliphatic heterocycles. The fraction of sp³-hybridized carbons (Fsp3) is 0.333. The molecule has 0 aromatic heterocycles. The van der Waals surface area contributed by atoms with E-state index in [1.165, 1.54) is 16.4 Å². The summed E-state index contributed by atoms with van der Waals surface area (Å²) in [6, 6.07) is 30.2. The molecule has 1 aliphatic rings. The van der Waals surface area contributed by atoms with Gasteiger partial charge in [0.2, 0.25) is 11.8 Å². The number of hydrogen-bond acceptors (Lipinski definition) is 4. The van der Waals surface area contributed by atoms with Gasteiger partial charge in [0.05, 0.1) is 10.6 Å². The molecule has 4 aromatic carbocycles. The van der Waals surface area contributed by atoms with E-state index in [-0.39, 0.29) is 23.4 Å².